The monoisotopic (exact) mass is 332 g/mol. The third kappa shape index (κ3) is 3.45. The van der Waals surface area contributed by atoms with Gasteiger partial charge >= 0.3 is 5.97 Å². The minimum atomic E-state index is -3.44. The molecule has 21 heavy (non-hydrogen) atoms. The molecular weight excluding hydrogens is 312 g/mol. The summed E-state index contributed by atoms with van der Waals surface area (Å²) in [4.78, 5) is 13.8. The number of sulfonamides is 1. The van der Waals surface area contributed by atoms with Crippen molar-refractivity contribution < 1.29 is 18.3 Å². The van der Waals surface area contributed by atoms with Gasteiger partial charge in [-0.3, -0.25) is 9.69 Å². The smallest absolute Gasteiger partial charge is 0.320 e. The van der Waals surface area contributed by atoms with E-state index in [0.29, 0.717) is 30.4 Å². The second-order valence-corrected chi connectivity index (χ2v) is 8.36. The van der Waals surface area contributed by atoms with Gasteiger partial charge in [-0.1, -0.05) is 6.92 Å². The summed E-state index contributed by atoms with van der Waals surface area (Å²) in [5.74, 6) is -0.878. The predicted octanol–water partition coefficient (Wildman–Crippen LogP) is 1.09. The Kier molecular flexibility index (Phi) is 5.03. The summed E-state index contributed by atoms with van der Waals surface area (Å²) < 4.78 is 26.9. The Morgan fingerprint density at radius 1 is 1.33 bits per heavy atom. The van der Waals surface area contributed by atoms with Gasteiger partial charge in [0, 0.05) is 31.1 Å². The van der Waals surface area contributed by atoms with Crippen molar-refractivity contribution in [2.75, 3.05) is 26.2 Å². The maximum absolute atomic E-state index is 12.5. The van der Waals surface area contributed by atoms with Crippen molar-refractivity contribution in [3.8, 4) is 0 Å². The Morgan fingerprint density at radius 2 is 1.95 bits per heavy atom. The molecule has 1 aromatic heterocycles. The van der Waals surface area contributed by atoms with E-state index in [1.165, 1.54) is 15.6 Å². The van der Waals surface area contributed by atoms with Crippen molar-refractivity contribution >= 4 is 27.3 Å². The molecule has 6 nitrogen and oxygen atoms in total. The normalized spacial score (nSPS) is 19.5. The van der Waals surface area contributed by atoms with Crippen LogP contribution in [0.15, 0.2) is 16.3 Å². The zero-order valence-corrected chi connectivity index (χ0v) is 13.8. The van der Waals surface area contributed by atoms with E-state index in [0.717, 1.165) is 11.3 Å². The molecule has 1 aromatic rings. The van der Waals surface area contributed by atoms with Crippen molar-refractivity contribution in [3.63, 3.8) is 0 Å². The van der Waals surface area contributed by atoms with Crippen LogP contribution in [0, 0.1) is 0 Å². The molecule has 1 aliphatic heterocycles. The highest BCUT2D eigenvalue weighted by molar-refractivity contribution is 7.91. The van der Waals surface area contributed by atoms with Crippen molar-refractivity contribution in [1.82, 2.24) is 9.21 Å². The Bertz CT molecular complexity index is 603. The van der Waals surface area contributed by atoms with E-state index >= 15 is 0 Å². The molecule has 1 aliphatic rings. The van der Waals surface area contributed by atoms with Gasteiger partial charge in [0.15, 0.2) is 0 Å². The average molecular weight is 332 g/mol. The lowest BCUT2D eigenvalue weighted by Gasteiger charge is -2.35. The van der Waals surface area contributed by atoms with E-state index in [-0.39, 0.29) is 0 Å². The number of carboxylic acid groups (broad SMARTS) is 1. The highest BCUT2D eigenvalue weighted by Gasteiger charge is 2.32. The summed E-state index contributed by atoms with van der Waals surface area (Å²) in [6, 6.07) is 2.93. The number of aryl methyl sites for hydroxylation is 1. The van der Waals surface area contributed by atoms with Gasteiger partial charge in [0.25, 0.3) is 10.0 Å². The number of piperazine rings is 1. The number of hydrogen-bond acceptors (Lipinski definition) is 5. The minimum Gasteiger partial charge on any atom is -0.480 e. The van der Waals surface area contributed by atoms with Gasteiger partial charge in [0.2, 0.25) is 0 Å². The average Bonchev–Trinajstić information content (AvgIpc) is 2.96. The molecule has 1 unspecified atom stereocenters. The van der Waals surface area contributed by atoms with Crippen LogP contribution in [0.1, 0.15) is 18.7 Å². The fourth-order valence-electron chi connectivity index (χ4n) is 2.30. The topological polar surface area (TPSA) is 77.9 Å². The van der Waals surface area contributed by atoms with Crippen molar-refractivity contribution in [2.24, 2.45) is 0 Å². The lowest BCUT2D eigenvalue weighted by Crippen LogP contribution is -2.52. The largest absolute Gasteiger partial charge is 0.480 e. The molecule has 0 aromatic carbocycles. The molecule has 118 valence electrons. The Hall–Kier alpha value is -0.960. The SMILES string of the molecule is CCc1ccc(S(=O)(=O)N2CCN(C(C)C(=O)O)CC2)s1. The summed E-state index contributed by atoms with van der Waals surface area (Å²) in [6.45, 7) is 5.17. The van der Waals surface area contributed by atoms with Crippen LogP contribution in [-0.4, -0.2) is 60.9 Å². The van der Waals surface area contributed by atoms with Gasteiger partial charge in [-0.15, -0.1) is 11.3 Å². The molecule has 0 saturated carbocycles. The lowest BCUT2D eigenvalue weighted by atomic mass is 10.2. The summed E-state index contributed by atoms with van der Waals surface area (Å²) in [5, 5.41) is 9.00. The number of carbonyl (C=O) groups is 1. The van der Waals surface area contributed by atoms with Crippen LogP contribution in [0.25, 0.3) is 0 Å². The molecule has 1 saturated heterocycles. The van der Waals surface area contributed by atoms with Crippen LogP contribution in [0.2, 0.25) is 0 Å². The van der Waals surface area contributed by atoms with Gasteiger partial charge in [0.05, 0.1) is 0 Å². The van der Waals surface area contributed by atoms with Crippen molar-refractivity contribution in [2.45, 2.75) is 30.5 Å². The molecular formula is C13H20N2O4S2. The third-order valence-corrected chi connectivity index (χ3v) is 7.35. The Balaban J connectivity index is 2.05. The van der Waals surface area contributed by atoms with E-state index in [9.17, 15) is 13.2 Å². The molecule has 8 heteroatoms. The molecule has 0 spiro atoms. The Morgan fingerprint density at radius 3 is 2.43 bits per heavy atom. The number of hydrogen-bond donors (Lipinski definition) is 1. The maximum Gasteiger partial charge on any atom is 0.320 e. The van der Waals surface area contributed by atoms with E-state index in [2.05, 4.69) is 0 Å². The number of aliphatic carboxylic acids is 1. The molecule has 0 aliphatic carbocycles. The summed E-state index contributed by atoms with van der Waals surface area (Å²) in [5.41, 5.74) is 0. The van der Waals surface area contributed by atoms with Gasteiger partial charge in [-0.25, -0.2) is 8.42 Å². The van der Waals surface area contributed by atoms with Gasteiger partial charge in [-0.2, -0.15) is 4.31 Å². The minimum absolute atomic E-state index is 0.333. The van der Waals surface area contributed by atoms with E-state index in [4.69, 9.17) is 5.11 Å². The summed E-state index contributed by atoms with van der Waals surface area (Å²) >= 11 is 1.31. The second kappa shape index (κ2) is 6.43. The molecule has 2 heterocycles. The quantitative estimate of drug-likeness (QED) is 0.873. The molecule has 1 N–H and O–H groups in total. The van der Waals surface area contributed by atoms with Crippen LogP contribution >= 0.6 is 11.3 Å². The van der Waals surface area contributed by atoms with Crippen LogP contribution in [0.4, 0.5) is 0 Å². The highest BCUT2D eigenvalue weighted by atomic mass is 32.2. The van der Waals surface area contributed by atoms with Gasteiger partial charge in [0.1, 0.15) is 10.3 Å². The first kappa shape index (κ1) is 16.4. The van der Waals surface area contributed by atoms with E-state index in [1.54, 1.807) is 17.9 Å². The van der Waals surface area contributed by atoms with Crippen molar-refractivity contribution in [3.05, 3.63) is 17.0 Å². The van der Waals surface area contributed by atoms with Crippen LogP contribution in [0.5, 0.6) is 0 Å². The molecule has 1 atom stereocenters. The Labute approximate surface area is 129 Å². The summed E-state index contributed by atoms with van der Waals surface area (Å²) in [6.07, 6.45) is 0.824. The van der Waals surface area contributed by atoms with Crippen LogP contribution in [0.3, 0.4) is 0 Å². The van der Waals surface area contributed by atoms with Crippen LogP contribution in [-0.2, 0) is 21.2 Å². The summed E-state index contributed by atoms with van der Waals surface area (Å²) in [7, 11) is -3.44. The molecule has 0 bridgehead atoms. The van der Waals surface area contributed by atoms with Gasteiger partial charge < -0.3 is 5.11 Å². The molecule has 1 fully saturated rings. The van der Waals surface area contributed by atoms with E-state index in [1.807, 2.05) is 13.0 Å². The first-order valence-corrected chi connectivity index (χ1v) is 9.17. The number of thiophene rings is 1. The number of rotatable bonds is 5. The van der Waals surface area contributed by atoms with E-state index < -0.39 is 22.0 Å². The second-order valence-electron chi connectivity index (χ2n) is 5.03. The lowest BCUT2D eigenvalue weighted by molar-refractivity contribution is -0.143. The predicted molar refractivity (Wildman–Crippen MR) is 81.1 cm³/mol. The number of carboxylic acids is 1. The molecule has 0 radical (unpaired) electrons. The maximum atomic E-state index is 12.5. The van der Waals surface area contributed by atoms with Gasteiger partial charge in [-0.05, 0) is 25.5 Å². The van der Waals surface area contributed by atoms with Crippen LogP contribution < -0.4 is 0 Å². The zero-order chi connectivity index (χ0) is 15.6. The first-order valence-electron chi connectivity index (χ1n) is 6.92. The molecule has 2 rings (SSSR count). The highest BCUT2D eigenvalue weighted by Crippen LogP contribution is 2.26. The standard InChI is InChI=1S/C13H20N2O4S2/c1-3-11-4-5-12(20-11)21(18,19)15-8-6-14(7-9-15)10(2)13(16)17/h4-5,10H,3,6-9H2,1-2H3,(H,16,17). The molecule has 0 amide bonds. The third-order valence-electron chi connectivity index (χ3n) is 3.76. The first-order chi connectivity index (χ1) is 9.86. The fourth-order valence-corrected chi connectivity index (χ4v) is 5.17. The fraction of sp³-hybridized carbons (Fsp3) is 0.615. The number of nitrogens with zero attached hydrogens (tertiary/aromatic N) is 2. The van der Waals surface area contributed by atoms with Crippen molar-refractivity contribution in [1.29, 1.82) is 0 Å². The zero-order valence-electron chi connectivity index (χ0n) is 12.2.